The lowest BCUT2D eigenvalue weighted by Gasteiger charge is -2.31. The number of carbonyl (C=O) groups is 3. The molecule has 0 aromatic heterocycles. The van der Waals surface area contributed by atoms with E-state index in [4.69, 9.17) is 4.74 Å². The molecule has 7 heteroatoms. The first-order valence-electron chi connectivity index (χ1n) is 12.1. The third-order valence-electron chi connectivity index (χ3n) is 7.96. The highest BCUT2D eigenvalue weighted by atomic mass is 16.5. The van der Waals surface area contributed by atoms with Gasteiger partial charge in [0.1, 0.15) is 12.6 Å². The standard InChI is InChI=1S/C27H30N2O5/c1-2-22(24(30)29-15-14-27(25(31)32)13-7-12-23(27)29)28-26(33)34-16-21-19-10-5-3-8-17(19)18-9-4-6-11-20(18)21/h3-6,8-11,21-23H,2,7,12-16H2,1H3,(H,28,33)(H,31,32)/t22-,23?,27?/m1/s1. The average molecular weight is 463 g/mol. The summed E-state index contributed by atoms with van der Waals surface area (Å²) in [5.74, 6) is -1.09. The number of alkyl carbamates (subject to hydrolysis) is 1. The molecule has 0 spiro atoms. The van der Waals surface area contributed by atoms with Gasteiger partial charge in [0, 0.05) is 18.5 Å². The second kappa shape index (κ2) is 8.78. The van der Waals surface area contributed by atoms with Gasteiger partial charge in [-0.3, -0.25) is 9.59 Å². The van der Waals surface area contributed by atoms with Gasteiger partial charge in [-0.15, -0.1) is 0 Å². The second-order valence-electron chi connectivity index (χ2n) is 9.58. The van der Waals surface area contributed by atoms with Crippen molar-refractivity contribution in [3.63, 3.8) is 0 Å². The molecule has 3 atom stereocenters. The summed E-state index contributed by atoms with van der Waals surface area (Å²) in [6.45, 7) is 2.43. The Morgan fingerprint density at radius 2 is 1.74 bits per heavy atom. The van der Waals surface area contributed by atoms with Crippen LogP contribution in [0.1, 0.15) is 56.1 Å². The largest absolute Gasteiger partial charge is 0.481 e. The highest BCUT2D eigenvalue weighted by Gasteiger charge is 2.57. The minimum atomic E-state index is -0.836. The number of carboxylic acid groups (broad SMARTS) is 1. The lowest BCUT2D eigenvalue weighted by atomic mass is 9.82. The number of amides is 2. The molecule has 7 nitrogen and oxygen atoms in total. The number of likely N-dealkylation sites (tertiary alicyclic amines) is 1. The minimum absolute atomic E-state index is 0.0535. The molecule has 2 fully saturated rings. The molecule has 34 heavy (non-hydrogen) atoms. The summed E-state index contributed by atoms with van der Waals surface area (Å²) in [6, 6.07) is 15.2. The Kier molecular flexibility index (Phi) is 5.80. The van der Waals surface area contributed by atoms with Crippen LogP contribution in [0.2, 0.25) is 0 Å². The third kappa shape index (κ3) is 3.54. The lowest BCUT2D eigenvalue weighted by molar-refractivity contribution is -0.150. The molecule has 1 heterocycles. The third-order valence-corrected chi connectivity index (χ3v) is 7.96. The zero-order valence-electron chi connectivity index (χ0n) is 19.3. The number of ether oxygens (including phenoxy) is 1. The van der Waals surface area contributed by atoms with Crippen LogP contribution in [0.3, 0.4) is 0 Å². The van der Waals surface area contributed by atoms with Gasteiger partial charge in [-0.2, -0.15) is 0 Å². The van der Waals surface area contributed by atoms with Crippen molar-refractivity contribution in [2.45, 2.75) is 57.0 Å². The molecule has 1 aliphatic heterocycles. The normalized spacial score (nSPS) is 23.7. The minimum Gasteiger partial charge on any atom is -0.481 e. The molecule has 5 rings (SSSR count). The van der Waals surface area contributed by atoms with Gasteiger partial charge < -0.3 is 20.1 Å². The quantitative estimate of drug-likeness (QED) is 0.672. The molecule has 2 aromatic carbocycles. The van der Waals surface area contributed by atoms with E-state index in [9.17, 15) is 19.5 Å². The number of aliphatic carboxylic acids is 1. The van der Waals surface area contributed by atoms with Crippen LogP contribution in [-0.4, -0.2) is 53.2 Å². The molecular formula is C27H30N2O5. The number of rotatable bonds is 6. The smallest absolute Gasteiger partial charge is 0.407 e. The van der Waals surface area contributed by atoms with E-state index in [0.717, 1.165) is 28.7 Å². The van der Waals surface area contributed by atoms with Gasteiger partial charge >= 0.3 is 12.1 Å². The Labute approximate surface area is 199 Å². The summed E-state index contributed by atoms with van der Waals surface area (Å²) in [5, 5.41) is 12.5. The van der Waals surface area contributed by atoms with Gasteiger partial charge in [-0.1, -0.05) is 61.9 Å². The monoisotopic (exact) mass is 462 g/mol. The number of nitrogens with one attached hydrogen (secondary N) is 1. The molecular weight excluding hydrogens is 432 g/mol. The first-order valence-corrected chi connectivity index (χ1v) is 12.1. The van der Waals surface area contributed by atoms with Crippen LogP contribution in [0.5, 0.6) is 0 Å². The van der Waals surface area contributed by atoms with Crippen LogP contribution in [0, 0.1) is 5.41 Å². The SMILES string of the molecule is CC[C@@H](NC(=O)OCC1c2ccccc2-c2ccccc21)C(=O)N1CCC2(C(=O)O)CCCC12. The van der Waals surface area contributed by atoms with Gasteiger partial charge in [0.2, 0.25) is 5.91 Å². The van der Waals surface area contributed by atoms with Gasteiger partial charge in [-0.05, 0) is 47.9 Å². The van der Waals surface area contributed by atoms with Gasteiger partial charge in [0.15, 0.2) is 0 Å². The van der Waals surface area contributed by atoms with Crippen LogP contribution in [0.4, 0.5) is 4.79 Å². The average Bonchev–Trinajstić information content (AvgIpc) is 3.52. The fraction of sp³-hybridized carbons (Fsp3) is 0.444. The first-order chi connectivity index (χ1) is 16.5. The topological polar surface area (TPSA) is 95.9 Å². The second-order valence-corrected chi connectivity index (χ2v) is 9.58. The van der Waals surface area contributed by atoms with Crippen molar-refractivity contribution in [2.24, 2.45) is 5.41 Å². The first kappa shape index (κ1) is 22.4. The van der Waals surface area contributed by atoms with Gasteiger partial charge in [0.05, 0.1) is 5.41 Å². The predicted molar refractivity (Wildman–Crippen MR) is 126 cm³/mol. The molecule has 0 radical (unpaired) electrons. The van der Waals surface area contributed by atoms with Crippen LogP contribution in [0.25, 0.3) is 11.1 Å². The van der Waals surface area contributed by atoms with Crippen LogP contribution < -0.4 is 5.32 Å². The number of hydrogen-bond acceptors (Lipinski definition) is 4. The van der Waals surface area contributed by atoms with Crippen LogP contribution >= 0.6 is 0 Å². The van der Waals surface area contributed by atoms with E-state index in [1.807, 2.05) is 31.2 Å². The van der Waals surface area contributed by atoms with Crippen LogP contribution in [0.15, 0.2) is 48.5 Å². The van der Waals surface area contributed by atoms with E-state index >= 15 is 0 Å². The van der Waals surface area contributed by atoms with E-state index in [1.54, 1.807) is 4.90 Å². The van der Waals surface area contributed by atoms with Crippen molar-refractivity contribution in [1.29, 1.82) is 0 Å². The van der Waals surface area contributed by atoms with E-state index in [0.29, 0.717) is 32.2 Å². The number of benzene rings is 2. The van der Waals surface area contributed by atoms with Crippen molar-refractivity contribution in [3.05, 3.63) is 59.7 Å². The Balaban J connectivity index is 1.24. The Morgan fingerprint density at radius 3 is 2.35 bits per heavy atom. The Hall–Kier alpha value is -3.35. The molecule has 2 aliphatic carbocycles. The summed E-state index contributed by atoms with van der Waals surface area (Å²) in [4.78, 5) is 39.6. The zero-order valence-corrected chi connectivity index (χ0v) is 19.3. The summed E-state index contributed by atoms with van der Waals surface area (Å²) in [6.07, 6.45) is 2.36. The number of nitrogens with zero attached hydrogens (tertiary/aromatic N) is 1. The summed E-state index contributed by atoms with van der Waals surface area (Å²) in [7, 11) is 0. The number of fused-ring (bicyclic) bond motifs is 4. The highest BCUT2D eigenvalue weighted by molar-refractivity contribution is 5.88. The lowest BCUT2D eigenvalue weighted by Crippen LogP contribution is -2.51. The maximum atomic E-state index is 13.3. The number of carboxylic acids is 1. The van der Waals surface area contributed by atoms with Crippen molar-refractivity contribution < 1.29 is 24.2 Å². The van der Waals surface area contributed by atoms with Crippen molar-refractivity contribution in [1.82, 2.24) is 10.2 Å². The van der Waals surface area contributed by atoms with E-state index < -0.39 is 23.5 Å². The van der Waals surface area contributed by atoms with Gasteiger partial charge in [0.25, 0.3) is 0 Å². The van der Waals surface area contributed by atoms with E-state index in [-0.39, 0.29) is 24.5 Å². The molecule has 2 amide bonds. The fourth-order valence-electron chi connectivity index (χ4n) is 6.22. The molecule has 2 N–H and O–H groups in total. The number of hydrogen-bond donors (Lipinski definition) is 2. The molecule has 0 bridgehead atoms. The summed E-state index contributed by atoms with van der Waals surface area (Å²) >= 11 is 0. The van der Waals surface area contributed by atoms with Crippen LogP contribution in [-0.2, 0) is 14.3 Å². The van der Waals surface area contributed by atoms with E-state index in [1.165, 1.54) is 0 Å². The molecule has 1 saturated heterocycles. The molecule has 1 saturated carbocycles. The Morgan fingerprint density at radius 1 is 1.09 bits per heavy atom. The Bertz CT molecular complexity index is 1090. The maximum absolute atomic E-state index is 13.3. The van der Waals surface area contributed by atoms with Crippen molar-refractivity contribution in [2.75, 3.05) is 13.2 Å². The van der Waals surface area contributed by atoms with Gasteiger partial charge in [-0.25, -0.2) is 4.79 Å². The number of carbonyl (C=O) groups excluding carboxylic acids is 2. The van der Waals surface area contributed by atoms with Crippen molar-refractivity contribution >= 4 is 18.0 Å². The summed E-state index contributed by atoms with van der Waals surface area (Å²) < 4.78 is 5.61. The molecule has 2 aromatic rings. The zero-order chi connectivity index (χ0) is 23.9. The molecule has 2 unspecified atom stereocenters. The summed E-state index contributed by atoms with van der Waals surface area (Å²) in [5.41, 5.74) is 3.73. The highest BCUT2D eigenvalue weighted by Crippen LogP contribution is 2.49. The fourth-order valence-corrected chi connectivity index (χ4v) is 6.22. The molecule has 178 valence electrons. The maximum Gasteiger partial charge on any atom is 0.407 e. The van der Waals surface area contributed by atoms with Crippen molar-refractivity contribution in [3.8, 4) is 11.1 Å². The predicted octanol–water partition coefficient (Wildman–Crippen LogP) is 4.16. The molecule has 3 aliphatic rings. The van der Waals surface area contributed by atoms with E-state index in [2.05, 4.69) is 29.6 Å².